The van der Waals surface area contributed by atoms with Crippen LogP contribution in [0.2, 0.25) is 0 Å². The molecule has 3 nitrogen and oxygen atoms in total. The second-order valence-electron chi connectivity index (χ2n) is 5.95. The van der Waals surface area contributed by atoms with E-state index in [0.717, 1.165) is 38.5 Å². The molecule has 0 radical (unpaired) electrons. The maximum atomic E-state index is 10.3. The van der Waals surface area contributed by atoms with Gasteiger partial charge in [-0.2, -0.15) is 0 Å². The molecule has 0 heterocycles. The van der Waals surface area contributed by atoms with Crippen LogP contribution in [0.15, 0.2) is 0 Å². The zero-order valence-electron chi connectivity index (χ0n) is 14.5. The van der Waals surface area contributed by atoms with Crippen LogP contribution < -0.4 is 0 Å². The van der Waals surface area contributed by atoms with Crippen LogP contribution >= 0.6 is 0 Å². The lowest BCUT2D eigenvalue weighted by molar-refractivity contribution is -0.107. The zero-order chi connectivity index (χ0) is 16.1. The van der Waals surface area contributed by atoms with Gasteiger partial charge in [-0.05, 0) is 31.6 Å². The molecular formula is C18H34O3. The van der Waals surface area contributed by atoms with Gasteiger partial charge in [0.15, 0.2) is 6.29 Å². The summed E-state index contributed by atoms with van der Waals surface area (Å²) in [5, 5.41) is 10.3. The van der Waals surface area contributed by atoms with Crippen LogP contribution in [0, 0.1) is 23.7 Å². The molecule has 2 atom stereocenters. The lowest BCUT2D eigenvalue weighted by Gasteiger charge is -2.21. The quantitative estimate of drug-likeness (QED) is 0.356. The third kappa shape index (κ3) is 9.90. The highest BCUT2D eigenvalue weighted by Crippen LogP contribution is 2.20. The van der Waals surface area contributed by atoms with E-state index >= 15 is 0 Å². The molecule has 0 aromatic carbocycles. The number of aliphatic hydroxyl groups excluding tert-OH is 1. The Kier molecular flexibility index (Phi) is 12.8. The average Bonchev–Trinajstić information content (AvgIpc) is 2.48. The van der Waals surface area contributed by atoms with Crippen molar-refractivity contribution < 1.29 is 14.6 Å². The maximum absolute atomic E-state index is 10.3. The summed E-state index contributed by atoms with van der Waals surface area (Å²) in [5.74, 6) is 6.86. The standard InChI is InChI=1S/C18H34O3/c1-6-7-8-9-12-16(18(19)15(2)3)13-10-11-14-17(20-4)21-5/h15-19H,6-8,10-11,13-14H2,1-5H3/t16-,18-/m0/s1. The van der Waals surface area contributed by atoms with E-state index < -0.39 is 0 Å². The maximum Gasteiger partial charge on any atom is 0.156 e. The fourth-order valence-electron chi connectivity index (χ4n) is 2.27. The highest BCUT2D eigenvalue weighted by molar-refractivity contribution is 5.06. The zero-order valence-corrected chi connectivity index (χ0v) is 14.5. The van der Waals surface area contributed by atoms with Crippen LogP contribution in [-0.4, -0.2) is 31.7 Å². The van der Waals surface area contributed by atoms with Gasteiger partial charge in [-0.3, -0.25) is 0 Å². The van der Waals surface area contributed by atoms with Crippen molar-refractivity contribution in [2.24, 2.45) is 11.8 Å². The Morgan fingerprint density at radius 1 is 1.00 bits per heavy atom. The molecule has 1 N–H and O–H groups in total. The molecule has 0 spiro atoms. The number of hydrogen-bond acceptors (Lipinski definition) is 3. The number of aliphatic hydroxyl groups is 1. The number of unbranched alkanes of at least 4 members (excludes halogenated alkanes) is 3. The van der Waals surface area contributed by atoms with Gasteiger partial charge in [-0.25, -0.2) is 0 Å². The molecule has 0 unspecified atom stereocenters. The van der Waals surface area contributed by atoms with Crippen LogP contribution in [-0.2, 0) is 9.47 Å². The third-order valence-corrected chi connectivity index (χ3v) is 3.77. The molecule has 124 valence electrons. The Balaban J connectivity index is 4.23. The van der Waals surface area contributed by atoms with Crippen molar-refractivity contribution in [3.63, 3.8) is 0 Å². The van der Waals surface area contributed by atoms with Gasteiger partial charge < -0.3 is 14.6 Å². The van der Waals surface area contributed by atoms with Crippen LogP contribution in [0.4, 0.5) is 0 Å². The lowest BCUT2D eigenvalue weighted by atomic mass is 9.89. The van der Waals surface area contributed by atoms with E-state index in [1.807, 2.05) is 0 Å². The summed E-state index contributed by atoms with van der Waals surface area (Å²) in [6.45, 7) is 6.28. The predicted octanol–water partition coefficient (Wildman–Crippen LogP) is 3.99. The average molecular weight is 298 g/mol. The van der Waals surface area contributed by atoms with E-state index in [-0.39, 0.29) is 24.2 Å². The van der Waals surface area contributed by atoms with Gasteiger partial charge in [0.2, 0.25) is 0 Å². The molecule has 0 aromatic heterocycles. The highest BCUT2D eigenvalue weighted by Gasteiger charge is 2.20. The summed E-state index contributed by atoms with van der Waals surface area (Å²) < 4.78 is 10.4. The van der Waals surface area contributed by atoms with E-state index in [4.69, 9.17) is 9.47 Å². The largest absolute Gasteiger partial charge is 0.392 e. The molecule has 0 bridgehead atoms. The fraction of sp³-hybridized carbons (Fsp3) is 0.889. The van der Waals surface area contributed by atoms with Crippen LogP contribution in [0.5, 0.6) is 0 Å². The van der Waals surface area contributed by atoms with Crippen molar-refractivity contribution in [2.75, 3.05) is 14.2 Å². The minimum Gasteiger partial charge on any atom is -0.392 e. The summed E-state index contributed by atoms with van der Waals surface area (Å²) in [4.78, 5) is 0. The summed E-state index contributed by atoms with van der Waals surface area (Å²) in [6, 6.07) is 0. The van der Waals surface area contributed by atoms with Crippen LogP contribution in [0.1, 0.15) is 65.7 Å². The first kappa shape index (κ1) is 20.4. The molecule has 0 aromatic rings. The Morgan fingerprint density at radius 3 is 2.14 bits per heavy atom. The lowest BCUT2D eigenvalue weighted by Crippen LogP contribution is -2.25. The smallest absolute Gasteiger partial charge is 0.156 e. The monoisotopic (exact) mass is 298 g/mol. The molecule has 0 saturated carbocycles. The minimum absolute atomic E-state index is 0.0883. The topological polar surface area (TPSA) is 38.7 Å². The minimum atomic E-state index is -0.334. The molecule has 0 aliphatic carbocycles. The second kappa shape index (κ2) is 13.1. The number of ether oxygens (including phenoxy) is 2. The van der Waals surface area contributed by atoms with Crippen molar-refractivity contribution in [1.82, 2.24) is 0 Å². The molecule has 21 heavy (non-hydrogen) atoms. The summed E-state index contributed by atoms with van der Waals surface area (Å²) in [7, 11) is 3.33. The third-order valence-electron chi connectivity index (χ3n) is 3.77. The van der Waals surface area contributed by atoms with Crippen molar-refractivity contribution in [3.8, 4) is 11.8 Å². The van der Waals surface area contributed by atoms with Crippen molar-refractivity contribution in [1.29, 1.82) is 0 Å². The van der Waals surface area contributed by atoms with Gasteiger partial charge in [-0.1, -0.05) is 39.5 Å². The van der Waals surface area contributed by atoms with E-state index in [0.29, 0.717) is 0 Å². The first-order valence-electron chi connectivity index (χ1n) is 8.28. The van der Waals surface area contributed by atoms with E-state index in [9.17, 15) is 5.11 Å². The van der Waals surface area contributed by atoms with Gasteiger partial charge in [0.1, 0.15) is 0 Å². The normalized spacial score (nSPS) is 14.1. The number of methoxy groups -OCH3 is 2. The molecule has 0 fully saturated rings. The van der Waals surface area contributed by atoms with Crippen LogP contribution in [0.3, 0.4) is 0 Å². The summed E-state index contributed by atoms with van der Waals surface area (Å²) in [6.07, 6.45) is 6.70. The Bertz CT molecular complexity index is 287. The van der Waals surface area contributed by atoms with E-state index in [2.05, 4.69) is 32.6 Å². The van der Waals surface area contributed by atoms with Gasteiger partial charge in [0.05, 0.1) is 6.10 Å². The molecular weight excluding hydrogens is 264 g/mol. The first-order chi connectivity index (χ1) is 10.1. The van der Waals surface area contributed by atoms with Gasteiger partial charge in [-0.15, -0.1) is 5.92 Å². The molecule has 0 saturated heterocycles. The Labute approximate surface area is 131 Å². The Morgan fingerprint density at radius 2 is 1.62 bits per heavy atom. The summed E-state index contributed by atoms with van der Waals surface area (Å²) >= 11 is 0. The Hall–Kier alpha value is -0.560. The molecule has 0 amide bonds. The second-order valence-corrected chi connectivity index (χ2v) is 5.95. The molecule has 0 aliphatic rings. The fourth-order valence-corrected chi connectivity index (χ4v) is 2.27. The van der Waals surface area contributed by atoms with Gasteiger partial charge in [0, 0.05) is 26.6 Å². The van der Waals surface area contributed by atoms with E-state index in [1.54, 1.807) is 14.2 Å². The van der Waals surface area contributed by atoms with Crippen molar-refractivity contribution in [2.45, 2.75) is 78.1 Å². The van der Waals surface area contributed by atoms with E-state index in [1.165, 1.54) is 6.42 Å². The predicted molar refractivity (Wildman–Crippen MR) is 87.9 cm³/mol. The number of rotatable bonds is 11. The first-order valence-corrected chi connectivity index (χ1v) is 8.28. The molecule has 0 aliphatic heterocycles. The SMILES string of the molecule is CCCCC#C[C@@H](CCCCC(OC)OC)[C@@H](O)C(C)C. The van der Waals surface area contributed by atoms with Crippen molar-refractivity contribution in [3.05, 3.63) is 0 Å². The van der Waals surface area contributed by atoms with Crippen molar-refractivity contribution >= 4 is 0 Å². The van der Waals surface area contributed by atoms with Gasteiger partial charge in [0.25, 0.3) is 0 Å². The molecule has 3 heteroatoms. The summed E-state index contributed by atoms with van der Waals surface area (Å²) in [5.41, 5.74) is 0. The van der Waals surface area contributed by atoms with Crippen LogP contribution in [0.25, 0.3) is 0 Å². The number of hydrogen-bond donors (Lipinski definition) is 1. The molecule has 0 rings (SSSR count). The van der Waals surface area contributed by atoms with Gasteiger partial charge >= 0.3 is 0 Å². The highest BCUT2D eigenvalue weighted by atomic mass is 16.7.